The molecule has 4 rings (SSSR count). The highest BCUT2D eigenvalue weighted by Crippen LogP contribution is 2.33. The van der Waals surface area contributed by atoms with E-state index in [0.29, 0.717) is 39.9 Å². The van der Waals surface area contributed by atoms with Gasteiger partial charge in [0.05, 0.1) is 31.3 Å². The molecule has 0 saturated carbocycles. The third-order valence-corrected chi connectivity index (χ3v) is 6.22. The molecule has 0 unspecified atom stereocenters. The number of aromatic nitrogens is 2. The summed E-state index contributed by atoms with van der Waals surface area (Å²) < 4.78 is 12.3. The Hall–Kier alpha value is -3.91. The predicted octanol–water partition coefficient (Wildman–Crippen LogP) is 4.33. The molecule has 0 bridgehead atoms. The van der Waals surface area contributed by atoms with Crippen LogP contribution < -0.4 is 14.8 Å². The fourth-order valence-corrected chi connectivity index (χ4v) is 4.32. The fraction of sp³-hybridized carbons (Fsp3) is 0.160. The first kappa shape index (κ1) is 22.3. The van der Waals surface area contributed by atoms with E-state index >= 15 is 0 Å². The maximum absolute atomic E-state index is 12.8. The van der Waals surface area contributed by atoms with Gasteiger partial charge in [-0.2, -0.15) is 5.10 Å². The van der Waals surface area contributed by atoms with E-state index in [9.17, 15) is 9.59 Å². The molecule has 0 saturated heterocycles. The molecule has 1 amide bonds. The lowest BCUT2D eigenvalue weighted by Crippen LogP contribution is -2.24. The van der Waals surface area contributed by atoms with Crippen molar-refractivity contribution >= 4 is 23.0 Å². The van der Waals surface area contributed by atoms with Crippen LogP contribution in [-0.4, -0.2) is 35.7 Å². The number of hydrogen-bond donors (Lipinski definition) is 1. The van der Waals surface area contributed by atoms with Crippen LogP contribution in [0.15, 0.2) is 66.7 Å². The summed E-state index contributed by atoms with van der Waals surface area (Å²) in [5.41, 5.74) is 2.39. The number of nitrogens with zero attached hydrogens (tertiary/aromatic N) is 2. The van der Waals surface area contributed by atoms with Gasteiger partial charge >= 0.3 is 0 Å². The van der Waals surface area contributed by atoms with E-state index < -0.39 is 0 Å². The number of benzene rings is 2. The number of carbonyl (C=O) groups is 2. The van der Waals surface area contributed by atoms with Crippen LogP contribution in [0.3, 0.4) is 0 Å². The van der Waals surface area contributed by atoms with E-state index in [0.717, 1.165) is 10.4 Å². The van der Waals surface area contributed by atoms with Gasteiger partial charge < -0.3 is 14.8 Å². The maximum Gasteiger partial charge on any atom is 0.269 e. The second-order valence-corrected chi connectivity index (χ2v) is 8.42. The Morgan fingerprint density at radius 1 is 1.00 bits per heavy atom. The van der Waals surface area contributed by atoms with Gasteiger partial charge in [-0.05, 0) is 36.4 Å². The highest BCUT2D eigenvalue weighted by Gasteiger charge is 2.18. The number of aryl methyl sites for hydroxylation is 1. The average molecular weight is 462 g/mol. The monoisotopic (exact) mass is 461 g/mol. The van der Waals surface area contributed by atoms with Crippen LogP contribution in [0.1, 0.15) is 30.6 Å². The molecular formula is C25H23N3O4S. The van der Waals surface area contributed by atoms with Crippen LogP contribution in [0.25, 0.3) is 11.3 Å². The number of nitrogens with one attached hydrogen (secondary N) is 1. The first-order chi connectivity index (χ1) is 16.0. The lowest BCUT2D eigenvalue weighted by molar-refractivity contribution is 0.0941. The van der Waals surface area contributed by atoms with E-state index in [4.69, 9.17) is 9.47 Å². The molecule has 2 heterocycles. The number of rotatable bonds is 8. The van der Waals surface area contributed by atoms with Gasteiger partial charge in [-0.3, -0.25) is 14.3 Å². The summed E-state index contributed by atoms with van der Waals surface area (Å²) in [7, 11) is 4.89. The smallest absolute Gasteiger partial charge is 0.269 e. The molecule has 0 aliphatic heterocycles. The van der Waals surface area contributed by atoms with E-state index in [1.165, 1.54) is 16.0 Å². The van der Waals surface area contributed by atoms with Gasteiger partial charge in [-0.1, -0.05) is 30.3 Å². The SMILES string of the molecule is COc1ccc(OC)c(-c2cc(C(=O)NCc3ccc(C(=O)c4ccccc4)s3)n(C)n2)c1. The summed E-state index contributed by atoms with van der Waals surface area (Å²) in [6.07, 6.45) is 0. The molecule has 8 heteroatoms. The molecule has 0 aliphatic carbocycles. The molecule has 33 heavy (non-hydrogen) atoms. The molecule has 0 radical (unpaired) electrons. The van der Waals surface area contributed by atoms with Gasteiger partial charge in [0, 0.05) is 23.1 Å². The number of thiophene rings is 1. The van der Waals surface area contributed by atoms with Crippen LogP contribution in [0.2, 0.25) is 0 Å². The van der Waals surface area contributed by atoms with Gasteiger partial charge in [0.2, 0.25) is 5.78 Å². The number of hydrogen-bond acceptors (Lipinski definition) is 6. The summed E-state index contributed by atoms with van der Waals surface area (Å²) in [4.78, 5) is 27.0. The standard InChI is InChI=1S/C25H23N3O4S/c1-28-21(14-20(27-28)19-13-17(31-2)9-11-22(19)32-3)25(30)26-15-18-10-12-23(33-18)24(29)16-7-5-4-6-8-16/h4-14H,15H2,1-3H3,(H,26,30). The van der Waals surface area contributed by atoms with Gasteiger partial charge in [-0.15, -0.1) is 11.3 Å². The lowest BCUT2D eigenvalue weighted by Gasteiger charge is -2.08. The number of carbonyl (C=O) groups excluding carboxylic acids is 2. The predicted molar refractivity (Wildman–Crippen MR) is 127 cm³/mol. The summed E-state index contributed by atoms with van der Waals surface area (Å²) >= 11 is 1.37. The fourth-order valence-electron chi connectivity index (χ4n) is 3.41. The normalized spacial score (nSPS) is 10.6. The Bertz CT molecular complexity index is 1290. The highest BCUT2D eigenvalue weighted by atomic mass is 32.1. The third-order valence-electron chi connectivity index (χ3n) is 5.14. The number of ketones is 1. The Morgan fingerprint density at radius 3 is 2.52 bits per heavy atom. The van der Waals surface area contributed by atoms with Crippen molar-refractivity contribution in [2.45, 2.75) is 6.54 Å². The van der Waals surface area contributed by atoms with Crippen molar-refractivity contribution in [3.8, 4) is 22.8 Å². The lowest BCUT2D eigenvalue weighted by atomic mass is 10.1. The highest BCUT2D eigenvalue weighted by molar-refractivity contribution is 7.14. The van der Waals surface area contributed by atoms with E-state index in [1.54, 1.807) is 57.7 Å². The van der Waals surface area contributed by atoms with Gasteiger partial charge in [0.25, 0.3) is 5.91 Å². The molecule has 4 aromatic rings. The maximum atomic E-state index is 12.8. The number of ether oxygens (including phenoxy) is 2. The topological polar surface area (TPSA) is 82.5 Å². The van der Waals surface area contributed by atoms with Crippen molar-refractivity contribution in [2.24, 2.45) is 7.05 Å². The quantitative estimate of drug-likeness (QED) is 0.395. The van der Waals surface area contributed by atoms with Crippen molar-refractivity contribution < 1.29 is 19.1 Å². The minimum absolute atomic E-state index is 0.0262. The molecule has 1 N–H and O–H groups in total. The third kappa shape index (κ3) is 4.80. The number of amides is 1. The second-order valence-electron chi connectivity index (χ2n) is 7.25. The molecule has 2 aromatic carbocycles. The summed E-state index contributed by atoms with van der Waals surface area (Å²) in [6, 6.07) is 19.9. The molecule has 0 atom stereocenters. The molecule has 0 spiro atoms. The zero-order chi connectivity index (χ0) is 23.4. The van der Waals surface area contributed by atoms with Crippen molar-refractivity contribution in [3.63, 3.8) is 0 Å². The van der Waals surface area contributed by atoms with Gasteiger partial charge in [-0.25, -0.2) is 0 Å². The Kier molecular flexibility index (Phi) is 6.55. The van der Waals surface area contributed by atoms with Crippen LogP contribution in [0.4, 0.5) is 0 Å². The van der Waals surface area contributed by atoms with E-state index in [-0.39, 0.29) is 11.7 Å². The van der Waals surface area contributed by atoms with Crippen LogP contribution in [0.5, 0.6) is 11.5 Å². The van der Waals surface area contributed by atoms with Crippen molar-refractivity contribution in [1.82, 2.24) is 15.1 Å². The number of methoxy groups -OCH3 is 2. The largest absolute Gasteiger partial charge is 0.497 e. The van der Waals surface area contributed by atoms with Crippen LogP contribution >= 0.6 is 11.3 Å². The molecular weight excluding hydrogens is 438 g/mol. The Labute approximate surface area is 195 Å². The van der Waals surface area contributed by atoms with Crippen LogP contribution in [0, 0.1) is 0 Å². The summed E-state index contributed by atoms with van der Waals surface area (Å²) in [6.45, 7) is 0.314. The zero-order valence-corrected chi connectivity index (χ0v) is 19.3. The molecule has 168 valence electrons. The summed E-state index contributed by atoms with van der Waals surface area (Å²) in [5, 5.41) is 7.39. The summed E-state index contributed by atoms with van der Waals surface area (Å²) in [5.74, 6) is 1.01. The van der Waals surface area contributed by atoms with Crippen molar-refractivity contribution in [1.29, 1.82) is 0 Å². The van der Waals surface area contributed by atoms with Crippen LogP contribution in [-0.2, 0) is 13.6 Å². The zero-order valence-electron chi connectivity index (χ0n) is 18.5. The second kappa shape index (κ2) is 9.70. The minimum atomic E-state index is -0.262. The van der Waals surface area contributed by atoms with Crippen molar-refractivity contribution in [2.75, 3.05) is 14.2 Å². The first-order valence-corrected chi connectivity index (χ1v) is 11.0. The Balaban J connectivity index is 1.47. The van der Waals surface area contributed by atoms with E-state index in [2.05, 4.69) is 10.4 Å². The molecule has 0 fully saturated rings. The molecule has 7 nitrogen and oxygen atoms in total. The molecule has 0 aliphatic rings. The van der Waals surface area contributed by atoms with Gasteiger partial charge in [0.1, 0.15) is 17.2 Å². The first-order valence-electron chi connectivity index (χ1n) is 10.2. The Morgan fingerprint density at radius 2 is 1.79 bits per heavy atom. The average Bonchev–Trinajstić information content (AvgIpc) is 3.49. The van der Waals surface area contributed by atoms with E-state index in [1.807, 2.05) is 30.3 Å². The van der Waals surface area contributed by atoms with Gasteiger partial charge in [0.15, 0.2) is 0 Å². The van der Waals surface area contributed by atoms with Crippen molar-refractivity contribution in [3.05, 3.63) is 87.7 Å². The minimum Gasteiger partial charge on any atom is -0.497 e. The molecule has 2 aromatic heterocycles.